The van der Waals surface area contributed by atoms with E-state index in [9.17, 15) is 14.4 Å². The number of nitrogens with one attached hydrogen (secondary N) is 2. The van der Waals surface area contributed by atoms with Gasteiger partial charge in [0.05, 0.1) is 11.1 Å². The molecule has 0 saturated heterocycles. The van der Waals surface area contributed by atoms with Crippen molar-refractivity contribution in [3.8, 4) is 0 Å². The molecule has 2 heterocycles. The molecule has 0 radical (unpaired) electrons. The van der Waals surface area contributed by atoms with Crippen molar-refractivity contribution in [1.82, 2.24) is 15.3 Å². The number of carbonyl (C=O) groups excluding carboxylic acids is 2. The first-order valence-corrected chi connectivity index (χ1v) is 10.7. The van der Waals surface area contributed by atoms with E-state index in [1.807, 2.05) is 13.8 Å². The Bertz CT molecular complexity index is 933. The normalized spacial score (nSPS) is 16.1. The summed E-state index contributed by atoms with van der Waals surface area (Å²) in [5.74, 6) is 0.186. The van der Waals surface area contributed by atoms with Gasteiger partial charge in [0.2, 0.25) is 0 Å². The molecule has 2 aromatic heterocycles. The number of rotatable bonds is 7. The molecule has 1 aliphatic carbocycles. The standard InChI is InChI=1S/C18H23N3O4S2/c1-8-10(3)27-17-14(8)16(23)20-13(21-17)7-26-11(4)18(24)25-9(2)15(22)19-12-5-6-12/h9,11-12H,5-7H2,1-4H3,(H,19,22)(H,20,21,23)/t9-,11+/m0/s1. The Labute approximate surface area is 165 Å². The maximum absolute atomic E-state index is 12.3. The van der Waals surface area contributed by atoms with Crippen molar-refractivity contribution in [2.45, 2.75) is 63.7 Å². The van der Waals surface area contributed by atoms with Gasteiger partial charge in [0.15, 0.2) is 6.10 Å². The van der Waals surface area contributed by atoms with Crippen LogP contribution in [0, 0.1) is 13.8 Å². The van der Waals surface area contributed by atoms with Gasteiger partial charge >= 0.3 is 5.97 Å². The maximum atomic E-state index is 12.3. The second-order valence-corrected chi connectivity index (χ2v) is 9.32. The van der Waals surface area contributed by atoms with Crippen LogP contribution in [-0.4, -0.2) is 39.2 Å². The molecule has 0 aliphatic heterocycles. The molecule has 1 fully saturated rings. The highest BCUT2D eigenvalue weighted by Crippen LogP contribution is 2.26. The number of nitrogens with zero attached hydrogens (tertiary/aromatic N) is 1. The van der Waals surface area contributed by atoms with Gasteiger partial charge in [-0.25, -0.2) is 4.98 Å². The lowest BCUT2D eigenvalue weighted by atomic mass is 10.2. The fourth-order valence-electron chi connectivity index (χ4n) is 2.51. The summed E-state index contributed by atoms with van der Waals surface area (Å²) in [5, 5.41) is 2.97. The minimum atomic E-state index is -0.812. The quantitative estimate of drug-likeness (QED) is 0.681. The van der Waals surface area contributed by atoms with Crippen LogP contribution in [0.4, 0.5) is 0 Å². The Morgan fingerprint density at radius 2 is 2.07 bits per heavy atom. The Morgan fingerprint density at radius 3 is 2.74 bits per heavy atom. The molecule has 2 atom stereocenters. The van der Waals surface area contributed by atoms with Crippen molar-refractivity contribution in [2.24, 2.45) is 0 Å². The maximum Gasteiger partial charge on any atom is 0.319 e. The smallest absolute Gasteiger partial charge is 0.319 e. The van der Waals surface area contributed by atoms with E-state index >= 15 is 0 Å². The molecule has 9 heteroatoms. The van der Waals surface area contributed by atoms with Crippen LogP contribution in [0.1, 0.15) is 43.0 Å². The fourth-order valence-corrected chi connectivity index (χ4v) is 4.29. The van der Waals surface area contributed by atoms with E-state index in [4.69, 9.17) is 4.74 Å². The summed E-state index contributed by atoms with van der Waals surface area (Å²) >= 11 is 2.80. The molecule has 146 valence electrons. The van der Waals surface area contributed by atoms with E-state index in [-0.39, 0.29) is 17.5 Å². The van der Waals surface area contributed by atoms with Crippen LogP contribution in [-0.2, 0) is 20.1 Å². The number of esters is 1. The average Bonchev–Trinajstić information content (AvgIpc) is 3.37. The number of thioether (sulfide) groups is 1. The lowest BCUT2D eigenvalue weighted by Crippen LogP contribution is -2.38. The van der Waals surface area contributed by atoms with Crippen LogP contribution < -0.4 is 10.9 Å². The first-order valence-electron chi connectivity index (χ1n) is 8.87. The Balaban J connectivity index is 1.57. The molecule has 7 nitrogen and oxygen atoms in total. The molecule has 0 aromatic carbocycles. The van der Waals surface area contributed by atoms with Crippen LogP contribution in [0.5, 0.6) is 0 Å². The van der Waals surface area contributed by atoms with Gasteiger partial charge in [-0.3, -0.25) is 14.4 Å². The monoisotopic (exact) mass is 409 g/mol. The molecule has 27 heavy (non-hydrogen) atoms. The van der Waals surface area contributed by atoms with E-state index in [2.05, 4.69) is 15.3 Å². The highest BCUT2D eigenvalue weighted by Gasteiger charge is 2.28. The van der Waals surface area contributed by atoms with Crippen LogP contribution in [0.3, 0.4) is 0 Å². The van der Waals surface area contributed by atoms with Gasteiger partial charge in [-0.1, -0.05) is 0 Å². The Hall–Kier alpha value is -1.87. The van der Waals surface area contributed by atoms with Crippen molar-refractivity contribution in [2.75, 3.05) is 0 Å². The molecule has 2 aromatic rings. The number of hydrogen-bond acceptors (Lipinski definition) is 7. The number of aromatic nitrogens is 2. The predicted molar refractivity (Wildman–Crippen MR) is 107 cm³/mol. The van der Waals surface area contributed by atoms with E-state index in [0.717, 1.165) is 23.3 Å². The van der Waals surface area contributed by atoms with Crippen LogP contribution in [0.15, 0.2) is 4.79 Å². The summed E-state index contributed by atoms with van der Waals surface area (Å²) in [6.45, 7) is 7.17. The van der Waals surface area contributed by atoms with Crippen molar-refractivity contribution in [3.63, 3.8) is 0 Å². The fraction of sp³-hybridized carbons (Fsp3) is 0.556. The van der Waals surface area contributed by atoms with Gasteiger partial charge in [0, 0.05) is 10.9 Å². The largest absolute Gasteiger partial charge is 0.452 e. The van der Waals surface area contributed by atoms with Gasteiger partial charge in [-0.2, -0.15) is 0 Å². The minimum Gasteiger partial charge on any atom is -0.452 e. The molecule has 3 rings (SSSR count). The van der Waals surface area contributed by atoms with Crippen LogP contribution >= 0.6 is 23.1 Å². The second-order valence-electron chi connectivity index (χ2n) is 6.79. The summed E-state index contributed by atoms with van der Waals surface area (Å²) in [4.78, 5) is 45.4. The van der Waals surface area contributed by atoms with Crippen LogP contribution in [0.2, 0.25) is 0 Å². The third-order valence-electron chi connectivity index (χ3n) is 4.48. The van der Waals surface area contributed by atoms with Crippen LogP contribution in [0.25, 0.3) is 10.2 Å². The van der Waals surface area contributed by atoms with E-state index in [0.29, 0.717) is 21.8 Å². The highest BCUT2D eigenvalue weighted by atomic mass is 32.2. The third-order valence-corrected chi connectivity index (χ3v) is 6.71. The SMILES string of the molecule is Cc1sc2nc(CS[C@H](C)C(=O)O[C@@H](C)C(=O)NC3CC3)[nH]c(=O)c2c1C. The first-order chi connectivity index (χ1) is 12.8. The van der Waals surface area contributed by atoms with Gasteiger partial charge < -0.3 is 15.0 Å². The highest BCUT2D eigenvalue weighted by molar-refractivity contribution is 7.99. The number of H-pyrrole nitrogens is 1. The number of aromatic amines is 1. The minimum absolute atomic E-state index is 0.155. The average molecular weight is 410 g/mol. The van der Waals surface area contributed by atoms with E-state index in [1.54, 1.807) is 13.8 Å². The van der Waals surface area contributed by atoms with E-state index < -0.39 is 17.3 Å². The molecule has 1 amide bonds. The molecule has 0 unspecified atom stereocenters. The lowest BCUT2D eigenvalue weighted by Gasteiger charge is -2.16. The first kappa shape index (κ1) is 19.9. The molecule has 0 spiro atoms. The molecule has 0 bridgehead atoms. The van der Waals surface area contributed by atoms with Crippen molar-refractivity contribution < 1.29 is 14.3 Å². The molecule has 2 N–H and O–H groups in total. The summed E-state index contributed by atoms with van der Waals surface area (Å²) in [7, 11) is 0. The topological polar surface area (TPSA) is 101 Å². The van der Waals surface area contributed by atoms with E-state index in [1.165, 1.54) is 23.1 Å². The zero-order valence-electron chi connectivity index (χ0n) is 15.8. The number of aryl methyl sites for hydroxylation is 2. The number of thiophene rings is 1. The molecule has 1 saturated carbocycles. The number of amides is 1. The number of carbonyl (C=O) groups is 2. The van der Waals surface area contributed by atoms with Gasteiger partial charge in [0.1, 0.15) is 15.9 Å². The zero-order valence-corrected chi connectivity index (χ0v) is 17.4. The summed E-state index contributed by atoms with van der Waals surface area (Å²) < 4.78 is 5.24. The summed E-state index contributed by atoms with van der Waals surface area (Å²) in [6.07, 6.45) is 1.15. The molecular formula is C18H23N3O4S2. The lowest BCUT2D eigenvalue weighted by molar-refractivity contribution is -0.154. The van der Waals surface area contributed by atoms with Gasteiger partial charge in [-0.15, -0.1) is 23.1 Å². The Morgan fingerprint density at radius 1 is 1.37 bits per heavy atom. The summed E-state index contributed by atoms with van der Waals surface area (Å²) in [5.41, 5.74) is 0.802. The number of fused-ring (bicyclic) bond motifs is 1. The predicted octanol–water partition coefficient (Wildman–Crippen LogP) is 2.43. The van der Waals surface area contributed by atoms with Gasteiger partial charge in [-0.05, 0) is 46.1 Å². The number of ether oxygens (including phenoxy) is 1. The zero-order chi connectivity index (χ0) is 19.7. The second kappa shape index (κ2) is 8.02. The Kier molecular flexibility index (Phi) is 5.90. The third kappa shape index (κ3) is 4.70. The summed E-state index contributed by atoms with van der Waals surface area (Å²) in [6, 6.07) is 0.229. The molecule has 1 aliphatic rings. The van der Waals surface area contributed by atoms with Crippen molar-refractivity contribution >= 4 is 45.2 Å². The number of hydrogen-bond donors (Lipinski definition) is 2. The van der Waals surface area contributed by atoms with Crippen molar-refractivity contribution in [1.29, 1.82) is 0 Å². The van der Waals surface area contributed by atoms with Gasteiger partial charge in [0.25, 0.3) is 11.5 Å². The van der Waals surface area contributed by atoms with Crippen molar-refractivity contribution in [3.05, 3.63) is 26.6 Å². The molecular weight excluding hydrogens is 386 g/mol.